The number of aromatic nitrogens is 2. The molecule has 134 valence electrons. The number of hydrogen-bond acceptors (Lipinski definition) is 5. The smallest absolute Gasteiger partial charge is 0.282 e. The standard InChI is InChI=1S/C20H22N4OS/c1-2-17-12-18-19(26-17)21-14-24(20(18)25)22-13-15-6-8-16(9-7-15)23-10-4-3-5-11-23/h6-9,12-14H,2-5,10-11H2,1H3/b22-13-. The summed E-state index contributed by atoms with van der Waals surface area (Å²) in [5.74, 6) is 0. The molecule has 1 fully saturated rings. The highest BCUT2D eigenvalue weighted by Gasteiger charge is 2.10. The Balaban J connectivity index is 1.55. The lowest BCUT2D eigenvalue weighted by Gasteiger charge is -2.28. The molecule has 3 heterocycles. The third-order valence-electron chi connectivity index (χ3n) is 4.78. The van der Waals surface area contributed by atoms with Gasteiger partial charge in [0.25, 0.3) is 5.56 Å². The zero-order valence-electron chi connectivity index (χ0n) is 14.9. The fraction of sp³-hybridized carbons (Fsp3) is 0.350. The van der Waals surface area contributed by atoms with Crippen LogP contribution in [-0.2, 0) is 6.42 Å². The maximum Gasteiger partial charge on any atom is 0.282 e. The maximum absolute atomic E-state index is 12.5. The molecule has 0 aliphatic carbocycles. The van der Waals surface area contributed by atoms with Gasteiger partial charge in [-0.05, 0) is 49.4 Å². The molecular formula is C20H22N4OS. The van der Waals surface area contributed by atoms with E-state index in [0.717, 1.165) is 29.9 Å². The molecule has 5 nitrogen and oxygen atoms in total. The highest BCUT2D eigenvalue weighted by Crippen LogP contribution is 2.21. The van der Waals surface area contributed by atoms with Crippen molar-refractivity contribution < 1.29 is 0 Å². The second-order valence-corrected chi connectivity index (χ2v) is 7.68. The molecule has 0 radical (unpaired) electrons. The van der Waals surface area contributed by atoms with Gasteiger partial charge in [0.05, 0.1) is 11.6 Å². The molecule has 4 rings (SSSR count). The van der Waals surface area contributed by atoms with Crippen molar-refractivity contribution in [3.8, 4) is 0 Å². The molecule has 0 amide bonds. The van der Waals surface area contributed by atoms with Crippen molar-refractivity contribution >= 4 is 33.5 Å². The van der Waals surface area contributed by atoms with Gasteiger partial charge >= 0.3 is 0 Å². The van der Waals surface area contributed by atoms with Crippen molar-refractivity contribution in [3.63, 3.8) is 0 Å². The minimum Gasteiger partial charge on any atom is -0.372 e. The molecule has 3 aromatic rings. The Morgan fingerprint density at radius 1 is 1.19 bits per heavy atom. The maximum atomic E-state index is 12.5. The van der Waals surface area contributed by atoms with Crippen molar-refractivity contribution in [2.24, 2.45) is 5.10 Å². The minimum absolute atomic E-state index is 0.118. The molecule has 26 heavy (non-hydrogen) atoms. The van der Waals surface area contributed by atoms with Crippen LogP contribution in [0.5, 0.6) is 0 Å². The Morgan fingerprint density at radius 2 is 1.96 bits per heavy atom. The summed E-state index contributed by atoms with van der Waals surface area (Å²) in [6.45, 7) is 4.35. The van der Waals surface area contributed by atoms with E-state index in [4.69, 9.17) is 0 Å². The minimum atomic E-state index is -0.118. The van der Waals surface area contributed by atoms with Gasteiger partial charge in [0.15, 0.2) is 0 Å². The molecule has 6 heteroatoms. The monoisotopic (exact) mass is 366 g/mol. The fourth-order valence-electron chi connectivity index (χ4n) is 3.27. The van der Waals surface area contributed by atoms with E-state index in [1.807, 2.05) is 18.2 Å². The van der Waals surface area contributed by atoms with Crippen molar-refractivity contribution in [2.45, 2.75) is 32.6 Å². The van der Waals surface area contributed by atoms with Crippen LogP contribution in [0.15, 0.2) is 46.6 Å². The molecule has 1 aliphatic rings. The average Bonchev–Trinajstić information content (AvgIpc) is 3.13. The van der Waals surface area contributed by atoms with Gasteiger partial charge in [-0.25, -0.2) is 4.98 Å². The van der Waals surface area contributed by atoms with E-state index >= 15 is 0 Å². The molecule has 0 spiro atoms. The Labute approximate surface area is 156 Å². The summed E-state index contributed by atoms with van der Waals surface area (Å²) in [6.07, 6.45) is 7.99. The van der Waals surface area contributed by atoms with Gasteiger partial charge in [-0.3, -0.25) is 4.79 Å². The van der Waals surface area contributed by atoms with Crippen molar-refractivity contribution in [2.75, 3.05) is 18.0 Å². The van der Waals surface area contributed by atoms with E-state index in [1.165, 1.54) is 40.8 Å². The second kappa shape index (κ2) is 7.41. The summed E-state index contributed by atoms with van der Waals surface area (Å²) in [5, 5.41) is 4.96. The van der Waals surface area contributed by atoms with E-state index in [-0.39, 0.29) is 5.56 Å². The number of anilines is 1. The Morgan fingerprint density at radius 3 is 2.69 bits per heavy atom. The van der Waals surface area contributed by atoms with E-state index in [0.29, 0.717) is 5.39 Å². The SMILES string of the molecule is CCc1cc2c(=O)n(/N=C\c3ccc(N4CCCCC4)cc3)cnc2s1. The first-order chi connectivity index (χ1) is 12.7. The molecule has 1 saturated heterocycles. The van der Waals surface area contributed by atoms with Crippen LogP contribution in [0.3, 0.4) is 0 Å². The van der Waals surface area contributed by atoms with Gasteiger partial charge in [0, 0.05) is 23.7 Å². The molecule has 0 N–H and O–H groups in total. The predicted octanol–water partition coefficient (Wildman–Crippen LogP) is 3.89. The summed E-state index contributed by atoms with van der Waals surface area (Å²) in [7, 11) is 0. The zero-order valence-corrected chi connectivity index (χ0v) is 15.7. The summed E-state index contributed by atoms with van der Waals surface area (Å²) >= 11 is 1.57. The largest absolute Gasteiger partial charge is 0.372 e. The third-order valence-corrected chi connectivity index (χ3v) is 5.97. The highest BCUT2D eigenvalue weighted by molar-refractivity contribution is 7.18. The lowest BCUT2D eigenvalue weighted by atomic mass is 10.1. The van der Waals surface area contributed by atoms with Gasteiger partial charge in [-0.1, -0.05) is 19.1 Å². The lowest BCUT2D eigenvalue weighted by molar-refractivity contribution is 0.578. The van der Waals surface area contributed by atoms with Gasteiger partial charge in [0.1, 0.15) is 11.2 Å². The zero-order chi connectivity index (χ0) is 17.9. The summed E-state index contributed by atoms with van der Waals surface area (Å²) in [4.78, 5) is 21.3. The first kappa shape index (κ1) is 17.0. The van der Waals surface area contributed by atoms with Crippen LogP contribution in [0.4, 0.5) is 5.69 Å². The Hall–Kier alpha value is -2.47. The molecule has 0 bridgehead atoms. The van der Waals surface area contributed by atoms with Gasteiger partial charge in [0.2, 0.25) is 0 Å². The molecule has 0 unspecified atom stereocenters. The van der Waals surface area contributed by atoms with Gasteiger partial charge in [-0.15, -0.1) is 11.3 Å². The van der Waals surface area contributed by atoms with E-state index in [9.17, 15) is 4.79 Å². The average molecular weight is 366 g/mol. The number of rotatable bonds is 4. The number of benzene rings is 1. The Kier molecular flexibility index (Phi) is 4.84. The van der Waals surface area contributed by atoms with Crippen molar-refractivity contribution in [1.82, 2.24) is 9.66 Å². The van der Waals surface area contributed by atoms with Crippen molar-refractivity contribution in [1.29, 1.82) is 0 Å². The van der Waals surface area contributed by atoms with Crippen LogP contribution >= 0.6 is 11.3 Å². The van der Waals surface area contributed by atoms with E-state index < -0.39 is 0 Å². The first-order valence-corrected chi connectivity index (χ1v) is 9.95. The Bertz CT molecular complexity index is 981. The third kappa shape index (κ3) is 3.42. The fourth-order valence-corrected chi connectivity index (χ4v) is 4.20. The quantitative estimate of drug-likeness (QED) is 0.658. The van der Waals surface area contributed by atoms with Crippen LogP contribution in [0.2, 0.25) is 0 Å². The number of fused-ring (bicyclic) bond motifs is 1. The topological polar surface area (TPSA) is 50.5 Å². The molecule has 2 aromatic heterocycles. The first-order valence-electron chi connectivity index (χ1n) is 9.14. The number of thiophene rings is 1. The summed E-state index contributed by atoms with van der Waals surface area (Å²) < 4.78 is 1.31. The van der Waals surface area contributed by atoms with Crippen LogP contribution in [0.25, 0.3) is 10.2 Å². The van der Waals surface area contributed by atoms with Gasteiger partial charge < -0.3 is 4.90 Å². The lowest BCUT2D eigenvalue weighted by Crippen LogP contribution is -2.29. The van der Waals surface area contributed by atoms with Crippen LogP contribution < -0.4 is 10.5 Å². The van der Waals surface area contributed by atoms with E-state index in [1.54, 1.807) is 17.6 Å². The van der Waals surface area contributed by atoms with Gasteiger partial charge in [-0.2, -0.15) is 9.78 Å². The summed E-state index contributed by atoms with van der Waals surface area (Å²) in [5.41, 5.74) is 2.11. The number of aryl methyl sites for hydroxylation is 1. The van der Waals surface area contributed by atoms with Crippen LogP contribution in [0.1, 0.15) is 36.6 Å². The number of hydrogen-bond donors (Lipinski definition) is 0. The molecule has 0 saturated carbocycles. The van der Waals surface area contributed by atoms with Crippen molar-refractivity contribution in [3.05, 3.63) is 57.5 Å². The summed E-state index contributed by atoms with van der Waals surface area (Å²) in [6, 6.07) is 10.3. The molecular weight excluding hydrogens is 344 g/mol. The van der Waals surface area contributed by atoms with E-state index in [2.05, 4.69) is 34.0 Å². The second-order valence-electron chi connectivity index (χ2n) is 6.56. The highest BCUT2D eigenvalue weighted by atomic mass is 32.1. The molecule has 0 atom stereocenters. The van der Waals surface area contributed by atoms with Crippen LogP contribution in [0, 0.1) is 0 Å². The molecule has 1 aromatic carbocycles. The number of piperidine rings is 1. The molecule has 1 aliphatic heterocycles. The van der Waals surface area contributed by atoms with Crippen LogP contribution in [-0.4, -0.2) is 29.0 Å². The number of nitrogens with zero attached hydrogens (tertiary/aromatic N) is 4. The normalized spacial score (nSPS) is 15.2. The predicted molar refractivity (Wildman–Crippen MR) is 109 cm³/mol.